The monoisotopic (exact) mass is 231 g/mol. The van der Waals surface area contributed by atoms with E-state index in [1.165, 1.54) is 10.8 Å². The zero-order valence-electron chi connectivity index (χ0n) is 9.46. The second-order valence-electron chi connectivity index (χ2n) is 3.49. The third-order valence-corrected chi connectivity index (χ3v) is 2.32. The van der Waals surface area contributed by atoms with Gasteiger partial charge in [-0.15, -0.1) is 0 Å². The molecule has 17 heavy (non-hydrogen) atoms. The number of hydrogen-bond acceptors (Lipinski definition) is 4. The highest BCUT2D eigenvalue weighted by atomic mass is 16.5. The highest BCUT2D eigenvalue weighted by molar-refractivity contribution is 5.42. The van der Waals surface area contributed by atoms with E-state index in [0.717, 1.165) is 0 Å². The molecule has 2 aromatic rings. The van der Waals surface area contributed by atoms with Crippen LogP contribution >= 0.6 is 0 Å². The predicted octanol–water partition coefficient (Wildman–Crippen LogP) is 1.64. The summed E-state index contributed by atoms with van der Waals surface area (Å²) in [5, 5.41) is 0. The van der Waals surface area contributed by atoms with Gasteiger partial charge in [0.15, 0.2) is 0 Å². The average Bonchev–Trinajstić information content (AvgIpc) is 2.35. The van der Waals surface area contributed by atoms with Crippen LogP contribution in [0.15, 0.2) is 41.5 Å². The molecule has 5 nitrogen and oxygen atoms in total. The Balaban J connectivity index is 2.30. The Hall–Kier alpha value is -2.30. The molecule has 0 saturated carbocycles. The number of hydrogen-bond donors (Lipinski definition) is 1. The van der Waals surface area contributed by atoms with E-state index in [2.05, 4.69) is 4.98 Å². The SMILES string of the molecule is CCn1ccnc(Oc2ccc(N)cc2)c1=O. The van der Waals surface area contributed by atoms with Crippen LogP contribution in [0, 0.1) is 0 Å². The van der Waals surface area contributed by atoms with Crippen LogP contribution in [-0.2, 0) is 6.54 Å². The topological polar surface area (TPSA) is 70.1 Å². The predicted molar refractivity (Wildman–Crippen MR) is 65.1 cm³/mol. The minimum absolute atomic E-state index is 0.0686. The third kappa shape index (κ3) is 2.44. The van der Waals surface area contributed by atoms with Crippen molar-refractivity contribution in [2.24, 2.45) is 0 Å². The van der Waals surface area contributed by atoms with E-state index < -0.39 is 0 Å². The Morgan fingerprint density at radius 1 is 1.35 bits per heavy atom. The molecule has 5 heteroatoms. The van der Waals surface area contributed by atoms with Crippen molar-refractivity contribution in [1.29, 1.82) is 0 Å². The molecule has 88 valence electrons. The molecule has 0 unspecified atom stereocenters. The number of aryl methyl sites for hydroxylation is 1. The van der Waals surface area contributed by atoms with Gasteiger partial charge in [0.1, 0.15) is 5.75 Å². The molecule has 1 heterocycles. The van der Waals surface area contributed by atoms with Crippen LogP contribution in [0.5, 0.6) is 11.6 Å². The fourth-order valence-corrected chi connectivity index (χ4v) is 1.39. The van der Waals surface area contributed by atoms with Crippen LogP contribution in [0.4, 0.5) is 5.69 Å². The number of aromatic nitrogens is 2. The zero-order valence-corrected chi connectivity index (χ0v) is 9.46. The van der Waals surface area contributed by atoms with Gasteiger partial charge in [-0.2, -0.15) is 0 Å². The van der Waals surface area contributed by atoms with E-state index in [4.69, 9.17) is 10.5 Å². The molecule has 1 aromatic carbocycles. The van der Waals surface area contributed by atoms with Gasteiger partial charge in [-0.3, -0.25) is 4.79 Å². The molecule has 0 aliphatic rings. The van der Waals surface area contributed by atoms with Crippen molar-refractivity contribution in [2.45, 2.75) is 13.5 Å². The highest BCUT2D eigenvalue weighted by Crippen LogP contribution is 2.17. The third-order valence-electron chi connectivity index (χ3n) is 2.32. The molecule has 2 N–H and O–H groups in total. The lowest BCUT2D eigenvalue weighted by Gasteiger charge is -2.06. The Morgan fingerprint density at radius 3 is 2.71 bits per heavy atom. The summed E-state index contributed by atoms with van der Waals surface area (Å²) in [6, 6.07) is 6.80. The van der Waals surface area contributed by atoms with Gasteiger partial charge < -0.3 is 15.0 Å². The van der Waals surface area contributed by atoms with Crippen LogP contribution in [-0.4, -0.2) is 9.55 Å². The molecular formula is C12H13N3O2. The van der Waals surface area contributed by atoms with Gasteiger partial charge in [-0.25, -0.2) is 4.98 Å². The van der Waals surface area contributed by atoms with Crippen molar-refractivity contribution < 1.29 is 4.74 Å². The first-order valence-electron chi connectivity index (χ1n) is 5.29. The molecule has 0 aliphatic carbocycles. The summed E-state index contributed by atoms with van der Waals surface area (Å²) < 4.78 is 6.93. The summed E-state index contributed by atoms with van der Waals surface area (Å²) in [7, 11) is 0. The van der Waals surface area contributed by atoms with Gasteiger partial charge >= 0.3 is 5.56 Å². The summed E-state index contributed by atoms with van der Waals surface area (Å²) in [5.74, 6) is 0.608. The summed E-state index contributed by atoms with van der Waals surface area (Å²) >= 11 is 0. The number of nitrogen functional groups attached to an aromatic ring is 1. The molecule has 0 bridgehead atoms. The van der Waals surface area contributed by atoms with E-state index in [0.29, 0.717) is 18.0 Å². The van der Waals surface area contributed by atoms with E-state index in [-0.39, 0.29) is 11.4 Å². The first kappa shape index (κ1) is 11.2. The Bertz CT molecular complexity index is 561. The molecule has 1 aromatic heterocycles. The summed E-state index contributed by atoms with van der Waals surface area (Å²) in [5.41, 5.74) is 5.96. The number of anilines is 1. The number of nitrogens with two attached hydrogens (primary N) is 1. The molecule has 0 fully saturated rings. The van der Waals surface area contributed by atoms with Crippen molar-refractivity contribution in [3.63, 3.8) is 0 Å². The quantitative estimate of drug-likeness (QED) is 0.815. The van der Waals surface area contributed by atoms with E-state index in [1.54, 1.807) is 30.5 Å². The van der Waals surface area contributed by atoms with E-state index in [1.807, 2.05) is 6.92 Å². The molecule has 0 spiro atoms. The maximum absolute atomic E-state index is 11.8. The number of ether oxygens (including phenoxy) is 1. The average molecular weight is 231 g/mol. The zero-order chi connectivity index (χ0) is 12.3. The summed E-state index contributed by atoms with van der Waals surface area (Å²) in [6.45, 7) is 2.47. The molecule has 0 atom stereocenters. The van der Waals surface area contributed by atoms with E-state index >= 15 is 0 Å². The largest absolute Gasteiger partial charge is 0.435 e. The maximum Gasteiger partial charge on any atom is 0.313 e. The fourth-order valence-electron chi connectivity index (χ4n) is 1.39. The van der Waals surface area contributed by atoms with Gasteiger partial charge in [0, 0.05) is 24.6 Å². The van der Waals surface area contributed by atoms with Crippen LogP contribution < -0.4 is 16.0 Å². The first-order valence-corrected chi connectivity index (χ1v) is 5.29. The summed E-state index contributed by atoms with van der Waals surface area (Å²) in [4.78, 5) is 15.7. The van der Waals surface area contributed by atoms with Gasteiger partial charge in [-0.1, -0.05) is 0 Å². The van der Waals surface area contributed by atoms with Crippen LogP contribution in [0.25, 0.3) is 0 Å². The van der Waals surface area contributed by atoms with Crippen LogP contribution in [0.2, 0.25) is 0 Å². The lowest BCUT2D eigenvalue weighted by atomic mass is 10.3. The van der Waals surface area contributed by atoms with Crippen molar-refractivity contribution in [3.05, 3.63) is 47.0 Å². The Morgan fingerprint density at radius 2 is 2.06 bits per heavy atom. The molecule has 2 rings (SSSR count). The number of rotatable bonds is 3. The second kappa shape index (κ2) is 4.69. The maximum atomic E-state index is 11.8. The van der Waals surface area contributed by atoms with Crippen LogP contribution in [0.1, 0.15) is 6.92 Å². The lowest BCUT2D eigenvalue weighted by molar-refractivity contribution is 0.445. The minimum atomic E-state index is -0.244. The van der Waals surface area contributed by atoms with E-state index in [9.17, 15) is 4.79 Å². The molecule has 0 aliphatic heterocycles. The van der Waals surface area contributed by atoms with Crippen molar-refractivity contribution >= 4 is 5.69 Å². The highest BCUT2D eigenvalue weighted by Gasteiger charge is 2.06. The molecule has 0 saturated heterocycles. The van der Waals surface area contributed by atoms with Gasteiger partial charge in [0.2, 0.25) is 0 Å². The standard InChI is InChI=1S/C12H13N3O2/c1-2-15-8-7-14-11(12(15)16)17-10-5-3-9(13)4-6-10/h3-8H,2,13H2,1H3. The minimum Gasteiger partial charge on any atom is -0.435 e. The normalized spacial score (nSPS) is 10.2. The Labute approximate surface area is 98.5 Å². The smallest absolute Gasteiger partial charge is 0.313 e. The van der Waals surface area contributed by atoms with Gasteiger partial charge in [-0.05, 0) is 31.2 Å². The van der Waals surface area contributed by atoms with Crippen LogP contribution in [0.3, 0.4) is 0 Å². The molecule has 0 amide bonds. The van der Waals surface area contributed by atoms with Crippen molar-refractivity contribution in [2.75, 3.05) is 5.73 Å². The number of benzene rings is 1. The molecule has 0 radical (unpaired) electrons. The Kier molecular flexibility index (Phi) is 3.09. The van der Waals surface area contributed by atoms with Crippen molar-refractivity contribution in [3.8, 4) is 11.6 Å². The first-order chi connectivity index (χ1) is 8.20. The van der Waals surface area contributed by atoms with Gasteiger partial charge in [0.25, 0.3) is 5.88 Å². The lowest BCUT2D eigenvalue weighted by Crippen LogP contribution is -2.20. The second-order valence-corrected chi connectivity index (χ2v) is 3.49. The summed E-state index contributed by atoms with van der Waals surface area (Å²) in [6.07, 6.45) is 3.16. The van der Waals surface area contributed by atoms with Crippen molar-refractivity contribution in [1.82, 2.24) is 9.55 Å². The molecular weight excluding hydrogens is 218 g/mol. The fraction of sp³-hybridized carbons (Fsp3) is 0.167. The number of nitrogens with zero attached hydrogens (tertiary/aromatic N) is 2. The van der Waals surface area contributed by atoms with Gasteiger partial charge in [0.05, 0.1) is 0 Å².